The topological polar surface area (TPSA) is 19.7 Å². The van der Waals surface area contributed by atoms with Crippen LogP contribution in [0.3, 0.4) is 0 Å². The number of halogens is 6. The fraction of sp³-hybridized carbons (Fsp3) is 0.750. The molecule has 0 aliphatic heterocycles. The average Bonchev–Trinajstić information content (AvgIpc) is 2.76. The number of unbranched alkanes of at least 4 members (excludes halogenated alkanes) is 6. The Hall–Kier alpha value is -0.780. The number of nitrogens with zero attached hydrogens (tertiary/aromatic N) is 1. The Bertz CT molecular complexity index is 361. The second kappa shape index (κ2) is 7.47. The Morgan fingerprint density at radius 3 is 1.76 bits per heavy atom. The van der Waals surface area contributed by atoms with Crippen LogP contribution in [0.4, 0.5) is 25.2 Å². The van der Waals surface area contributed by atoms with E-state index in [4.69, 9.17) is 0 Å². The molecule has 1 aromatic heterocycles. The summed E-state index contributed by atoms with van der Waals surface area (Å²) in [5.41, 5.74) is 0. The third kappa shape index (κ3) is 24.6. The van der Waals surface area contributed by atoms with E-state index < -0.39 is 7.81 Å². The molecule has 0 spiro atoms. The van der Waals surface area contributed by atoms with Gasteiger partial charge in [-0.1, -0.05) is 39.0 Å². The van der Waals surface area contributed by atoms with E-state index in [0.29, 0.717) is 0 Å². The molecule has 1 N–H and O–H groups in total. The summed E-state index contributed by atoms with van der Waals surface area (Å²) in [6.45, 7) is 3.43. The summed E-state index contributed by atoms with van der Waals surface area (Å²) < 4.78 is 61.4. The molecule has 1 aromatic rings. The number of hydrogen-bond acceptors (Lipinski definition) is 0. The number of aromatic amines is 1. The monoisotopic (exact) mass is 340 g/mol. The molecule has 2 nitrogen and oxygen atoms in total. The van der Waals surface area contributed by atoms with Crippen LogP contribution >= 0.6 is 7.81 Å². The number of imidazole rings is 1. The van der Waals surface area contributed by atoms with Crippen molar-refractivity contribution in [1.82, 2.24) is 4.98 Å². The molecule has 1 rings (SSSR count). The van der Waals surface area contributed by atoms with E-state index in [9.17, 15) is 25.2 Å². The molecule has 0 aromatic carbocycles. The Morgan fingerprint density at radius 1 is 0.857 bits per heavy atom. The molecule has 0 saturated heterocycles. The number of H-pyrrole nitrogens is 1. The summed E-state index contributed by atoms with van der Waals surface area (Å²) in [5.74, 6) is 0. The Kier molecular flexibility index (Phi) is 7.20. The standard InChI is InChI=1S/C12H22N2.F6P/c1-2-3-4-5-6-7-8-10-14-11-9-13-12-14;1-7(2,3,4,5)6/h9,11-12H,2-8,10H2,1H3;/q;-1/p+1. The predicted molar refractivity (Wildman–Crippen MR) is 72.5 cm³/mol. The third-order valence-corrected chi connectivity index (χ3v) is 2.62. The molecular weight excluding hydrogens is 317 g/mol. The van der Waals surface area contributed by atoms with Crippen molar-refractivity contribution >= 4 is 7.81 Å². The molecule has 128 valence electrons. The molecule has 0 unspecified atom stereocenters. The van der Waals surface area contributed by atoms with Gasteiger partial charge >= 0.3 is 33.0 Å². The van der Waals surface area contributed by atoms with Gasteiger partial charge < -0.3 is 0 Å². The molecule has 0 fully saturated rings. The van der Waals surface area contributed by atoms with Gasteiger partial charge in [-0.25, -0.2) is 4.57 Å². The van der Waals surface area contributed by atoms with Gasteiger partial charge in [-0.15, -0.1) is 0 Å². The van der Waals surface area contributed by atoms with Crippen molar-refractivity contribution in [3.63, 3.8) is 0 Å². The molecule has 0 atom stereocenters. The van der Waals surface area contributed by atoms with E-state index in [1.807, 2.05) is 12.5 Å². The van der Waals surface area contributed by atoms with Crippen molar-refractivity contribution in [2.75, 3.05) is 0 Å². The van der Waals surface area contributed by atoms with Gasteiger partial charge in [0.05, 0.1) is 6.54 Å². The van der Waals surface area contributed by atoms with Crippen molar-refractivity contribution in [3.05, 3.63) is 18.7 Å². The van der Waals surface area contributed by atoms with Crippen molar-refractivity contribution in [2.45, 2.75) is 58.4 Å². The van der Waals surface area contributed by atoms with Crippen molar-refractivity contribution in [1.29, 1.82) is 0 Å². The first-order valence-electron chi connectivity index (χ1n) is 6.96. The molecule has 0 bridgehead atoms. The van der Waals surface area contributed by atoms with Gasteiger partial charge in [-0.3, -0.25) is 4.98 Å². The van der Waals surface area contributed by atoms with Crippen molar-refractivity contribution in [3.8, 4) is 0 Å². The van der Waals surface area contributed by atoms with Crippen LogP contribution in [-0.2, 0) is 6.54 Å². The minimum atomic E-state index is -10.7. The summed E-state index contributed by atoms with van der Waals surface area (Å²) >= 11 is 0. The normalized spacial score (nSPS) is 14.8. The van der Waals surface area contributed by atoms with Crippen molar-refractivity contribution < 1.29 is 29.7 Å². The van der Waals surface area contributed by atoms with Crippen molar-refractivity contribution in [2.24, 2.45) is 0 Å². The SMILES string of the molecule is CCCCCCCCC[n+]1cc[nH]c1.F[P-](F)(F)(F)(F)F. The van der Waals surface area contributed by atoms with Gasteiger partial charge in [0.15, 0.2) is 0 Å². The third-order valence-electron chi connectivity index (χ3n) is 2.62. The molecule has 0 amide bonds. The van der Waals surface area contributed by atoms with Crippen LogP contribution in [0, 0.1) is 0 Å². The summed E-state index contributed by atoms with van der Waals surface area (Å²) in [7, 11) is -10.7. The summed E-state index contributed by atoms with van der Waals surface area (Å²) in [6.07, 6.45) is 15.8. The molecule has 1 heterocycles. The minimum absolute atomic E-state index is 1.16. The fourth-order valence-electron chi connectivity index (χ4n) is 1.71. The van der Waals surface area contributed by atoms with Crippen LogP contribution in [0.2, 0.25) is 0 Å². The van der Waals surface area contributed by atoms with E-state index in [1.165, 1.54) is 44.9 Å². The van der Waals surface area contributed by atoms with E-state index in [-0.39, 0.29) is 0 Å². The van der Waals surface area contributed by atoms with Crippen LogP contribution in [0.15, 0.2) is 18.7 Å². The second-order valence-electron chi connectivity index (χ2n) is 4.93. The van der Waals surface area contributed by atoms with Crippen LogP contribution in [0.5, 0.6) is 0 Å². The summed E-state index contributed by atoms with van der Waals surface area (Å²) in [6, 6.07) is 0. The number of aryl methyl sites for hydroxylation is 1. The van der Waals surface area contributed by atoms with Gasteiger partial charge in [-0.05, 0) is 12.8 Å². The van der Waals surface area contributed by atoms with E-state index in [1.54, 1.807) is 0 Å². The van der Waals surface area contributed by atoms with E-state index in [2.05, 4.69) is 22.7 Å². The Balaban J connectivity index is 0.000000486. The zero-order valence-corrected chi connectivity index (χ0v) is 12.9. The Labute approximate surface area is 120 Å². The van der Waals surface area contributed by atoms with Gasteiger partial charge in [0.25, 0.3) is 0 Å². The average molecular weight is 340 g/mol. The number of aromatic nitrogens is 2. The van der Waals surface area contributed by atoms with Gasteiger partial charge in [-0.2, -0.15) is 0 Å². The Morgan fingerprint density at radius 2 is 1.33 bits per heavy atom. The van der Waals surface area contributed by atoms with Crippen LogP contribution < -0.4 is 4.57 Å². The van der Waals surface area contributed by atoms with Gasteiger partial charge in [0.2, 0.25) is 6.33 Å². The maximum atomic E-state index is 9.87. The molecule has 0 radical (unpaired) electrons. The first-order chi connectivity index (χ1) is 9.38. The molecule has 0 aliphatic rings. The maximum absolute atomic E-state index is 10.7. The zero-order valence-electron chi connectivity index (χ0n) is 12.1. The second-order valence-corrected chi connectivity index (χ2v) is 6.85. The first kappa shape index (κ1) is 20.2. The van der Waals surface area contributed by atoms with Crippen LogP contribution in [0.25, 0.3) is 0 Å². The van der Waals surface area contributed by atoms with Crippen LogP contribution in [0.1, 0.15) is 51.9 Å². The molecular formula is C12H23F6N2P. The predicted octanol–water partition coefficient (Wildman–Crippen LogP) is 6.44. The summed E-state index contributed by atoms with van der Waals surface area (Å²) in [5, 5.41) is 0. The van der Waals surface area contributed by atoms with Crippen LogP contribution in [-0.4, -0.2) is 4.98 Å². The fourth-order valence-corrected chi connectivity index (χ4v) is 1.71. The summed E-state index contributed by atoms with van der Waals surface area (Å²) in [4.78, 5) is 3.06. The number of rotatable bonds is 8. The number of nitrogens with one attached hydrogen (secondary N) is 1. The van der Waals surface area contributed by atoms with Gasteiger partial charge in [0.1, 0.15) is 12.4 Å². The molecule has 21 heavy (non-hydrogen) atoms. The quantitative estimate of drug-likeness (QED) is 0.243. The molecule has 0 aliphatic carbocycles. The molecule has 0 saturated carbocycles. The first-order valence-corrected chi connectivity index (χ1v) is 8.99. The number of hydrogen-bond donors (Lipinski definition) is 1. The zero-order chi connectivity index (χ0) is 16.5. The van der Waals surface area contributed by atoms with E-state index >= 15 is 0 Å². The van der Waals surface area contributed by atoms with E-state index in [0.717, 1.165) is 6.54 Å². The molecule has 9 heteroatoms. The van der Waals surface area contributed by atoms with Gasteiger partial charge in [0, 0.05) is 0 Å².